The van der Waals surface area contributed by atoms with E-state index < -0.39 is 0 Å². The Balaban J connectivity index is 1.70. The van der Waals surface area contributed by atoms with Crippen LogP contribution < -0.4 is 24.5 Å². The number of benzene rings is 2. The molecule has 2 aromatic carbocycles. The number of fused-ring (bicyclic) bond motifs is 1. The molecule has 138 valence electrons. The van der Waals surface area contributed by atoms with Gasteiger partial charge in [0.05, 0.1) is 11.6 Å². The number of hydrogen-bond acceptors (Lipinski definition) is 5. The van der Waals surface area contributed by atoms with Crippen LogP contribution in [0.5, 0.6) is 5.75 Å². The van der Waals surface area contributed by atoms with E-state index in [1.807, 2.05) is 60.4 Å². The summed E-state index contributed by atoms with van der Waals surface area (Å²) < 4.78 is 7.61. The molecule has 0 radical (unpaired) electrons. The first kappa shape index (κ1) is 17.8. The smallest absolute Gasteiger partial charge is 0.271 e. The Kier molecular flexibility index (Phi) is 4.76. The molecule has 0 spiro atoms. The largest absolute Gasteiger partial charge is 0.497 e. The minimum Gasteiger partial charge on any atom is -0.497 e. The summed E-state index contributed by atoms with van der Waals surface area (Å²) in [5.41, 5.74) is 2.87. The van der Waals surface area contributed by atoms with Crippen molar-refractivity contribution in [3.63, 3.8) is 0 Å². The zero-order chi connectivity index (χ0) is 19.0. The predicted octanol–water partition coefficient (Wildman–Crippen LogP) is 2.76. The van der Waals surface area contributed by atoms with Gasteiger partial charge in [-0.2, -0.15) is 0 Å². The molecule has 2 heterocycles. The molecule has 5 nitrogen and oxygen atoms in total. The Morgan fingerprint density at radius 1 is 1.26 bits per heavy atom. The van der Waals surface area contributed by atoms with Gasteiger partial charge in [-0.15, -0.1) is 0 Å². The average molecular weight is 400 g/mol. The van der Waals surface area contributed by atoms with Crippen LogP contribution in [0.4, 0.5) is 5.69 Å². The second kappa shape index (κ2) is 7.21. The van der Waals surface area contributed by atoms with E-state index in [1.165, 1.54) is 11.3 Å². The molecule has 0 fully saturated rings. The maximum Gasteiger partial charge on any atom is 0.271 e. The van der Waals surface area contributed by atoms with Crippen molar-refractivity contribution < 1.29 is 4.74 Å². The van der Waals surface area contributed by atoms with Gasteiger partial charge in [0.15, 0.2) is 4.80 Å². The summed E-state index contributed by atoms with van der Waals surface area (Å²) in [5.74, 6) is 0.761. The summed E-state index contributed by atoms with van der Waals surface area (Å²) in [7, 11) is 1.63. The monoisotopic (exact) mass is 399 g/mol. The van der Waals surface area contributed by atoms with Crippen LogP contribution in [0.15, 0.2) is 52.3 Å². The van der Waals surface area contributed by atoms with Crippen molar-refractivity contribution in [2.24, 2.45) is 4.99 Å². The van der Waals surface area contributed by atoms with Gasteiger partial charge in [-0.05, 0) is 48.4 Å². The third-order valence-corrected chi connectivity index (χ3v) is 5.94. The maximum atomic E-state index is 12.9. The highest BCUT2D eigenvalue weighted by atomic mass is 35.5. The van der Waals surface area contributed by atoms with Crippen molar-refractivity contribution in [1.82, 2.24) is 4.57 Å². The molecule has 7 heteroatoms. The van der Waals surface area contributed by atoms with Crippen LogP contribution in [-0.4, -0.2) is 18.3 Å². The molecule has 1 aliphatic heterocycles. The van der Waals surface area contributed by atoms with Crippen molar-refractivity contribution in [1.29, 1.82) is 0 Å². The lowest BCUT2D eigenvalue weighted by Gasteiger charge is -2.26. The average Bonchev–Trinajstić information content (AvgIpc) is 2.99. The molecule has 0 N–H and O–H groups in total. The third-order valence-electron chi connectivity index (χ3n) is 4.49. The first-order chi connectivity index (χ1) is 13.0. The van der Waals surface area contributed by atoms with E-state index in [1.54, 1.807) is 11.7 Å². The number of aromatic nitrogens is 1. The van der Waals surface area contributed by atoms with Crippen LogP contribution in [0.25, 0.3) is 6.08 Å². The van der Waals surface area contributed by atoms with Crippen molar-refractivity contribution in [3.8, 4) is 5.75 Å². The second-order valence-corrected chi connectivity index (χ2v) is 7.73. The Morgan fingerprint density at radius 3 is 2.89 bits per heavy atom. The van der Waals surface area contributed by atoms with Gasteiger partial charge >= 0.3 is 0 Å². The predicted molar refractivity (Wildman–Crippen MR) is 109 cm³/mol. The molecule has 1 aliphatic rings. The quantitative estimate of drug-likeness (QED) is 0.680. The maximum absolute atomic E-state index is 12.9. The first-order valence-electron chi connectivity index (χ1n) is 8.46. The summed E-state index contributed by atoms with van der Waals surface area (Å²) in [6.45, 7) is 2.92. The van der Waals surface area contributed by atoms with Crippen LogP contribution in [0.3, 0.4) is 0 Å². The van der Waals surface area contributed by atoms with Crippen molar-refractivity contribution in [3.05, 3.63) is 78.3 Å². The van der Waals surface area contributed by atoms with Crippen molar-refractivity contribution >= 4 is 34.7 Å². The van der Waals surface area contributed by atoms with Crippen LogP contribution in [-0.2, 0) is 6.67 Å². The molecule has 0 bridgehead atoms. The fourth-order valence-electron chi connectivity index (χ4n) is 2.94. The lowest BCUT2D eigenvalue weighted by molar-refractivity contribution is 0.414. The van der Waals surface area contributed by atoms with E-state index in [2.05, 4.69) is 4.99 Å². The molecule has 0 saturated carbocycles. The highest BCUT2D eigenvalue weighted by Gasteiger charge is 2.16. The molecule has 0 amide bonds. The zero-order valence-corrected chi connectivity index (χ0v) is 16.5. The minimum absolute atomic E-state index is 0.0375. The summed E-state index contributed by atoms with van der Waals surface area (Å²) in [6, 6.07) is 13.5. The van der Waals surface area contributed by atoms with E-state index in [-0.39, 0.29) is 5.56 Å². The molecular weight excluding hydrogens is 382 g/mol. The van der Waals surface area contributed by atoms with Gasteiger partial charge in [-0.1, -0.05) is 41.1 Å². The third kappa shape index (κ3) is 3.50. The topological polar surface area (TPSA) is 46.8 Å². The Bertz CT molecular complexity index is 1180. The number of rotatable bonds is 3. The molecule has 27 heavy (non-hydrogen) atoms. The summed E-state index contributed by atoms with van der Waals surface area (Å²) in [6.07, 6.45) is 1.88. The number of halogens is 1. The molecular formula is C20H18ClN3O2S. The van der Waals surface area contributed by atoms with Crippen LogP contribution >= 0.6 is 22.9 Å². The van der Waals surface area contributed by atoms with Gasteiger partial charge in [-0.3, -0.25) is 9.36 Å². The number of anilines is 1. The SMILES string of the molecule is COc1cccc(/C=c2\sc3n(c2=O)CN(c2ccc(C)c(Cl)c2)CN=3)c1. The van der Waals surface area contributed by atoms with Gasteiger partial charge in [0.2, 0.25) is 0 Å². The van der Waals surface area contributed by atoms with Crippen LogP contribution in [0.2, 0.25) is 5.02 Å². The van der Waals surface area contributed by atoms with E-state index in [4.69, 9.17) is 16.3 Å². The number of nitrogens with zero attached hydrogens (tertiary/aromatic N) is 3. The zero-order valence-electron chi connectivity index (χ0n) is 15.0. The minimum atomic E-state index is -0.0375. The molecule has 4 rings (SSSR count). The molecule has 3 aromatic rings. The molecule has 0 unspecified atom stereocenters. The van der Waals surface area contributed by atoms with Gasteiger partial charge in [0.1, 0.15) is 19.1 Å². The number of ether oxygens (including phenoxy) is 1. The van der Waals surface area contributed by atoms with E-state index in [0.717, 1.165) is 27.4 Å². The number of aryl methyl sites for hydroxylation is 1. The number of hydrogen-bond donors (Lipinski definition) is 0. The summed E-state index contributed by atoms with van der Waals surface area (Å²) in [5, 5.41) is 0.711. The molecule has 0 atom stereocenters. The number of methoxy groups -OCH3 is 1. The van der Waals surface area contributed by atoms with Gasteiger partial charge in [0.25, 0.3) is 5.56 Å². The van der Waals surface area contributed by atoms with Crippen LogP contribution in [0.1, 0.15) is 11.1 Å². The van der Waals surface area contributed by atoms with E-state index in [0.29, 0.717) is 22.9 Å². The normalized spacial score (nSPS) is 14.0. The van der Waals surface area contributed by atoms with Crippen molar-refractivity contribution in [2.75, 3.05) is 18.7 Å². The number of thiazole rings is 1. The highest BCUT2D eigenvalue weighted by molar-refractivity contribution is 7.07. The standard InChI is InChI=1S/C20H18ClN3O2S/c1-13-6-7-15(10-17(13)21)23-11-22-20-24(12-23)19(25)18(27-20)9-14-4-3-5-16(8-14)26-2/h3-10H,11-12H2,1-2H3/b18-9-. The van der Waals surface area contributed by atoms with Gasteiger partial charge in [0, 0.05) is 10.7 Å². The Morgan fingerprint density at radius 2 is 2.11 bits per heavy atom. The van der Waals surface area contributed by atoms with E-state index >= 15 is 0 Å². The molecule has 1 aromatic heterocycles. The lowest BCUT2D eigenvalue weighted by Crippen LogP contribution is -2.42. The second-order valence-electron chi connectivity index (χ2n) is 6.32. The lowest BCUT2D eigenvalue weighted by atomic mass is 10.2. The first-order valence-corrected chi connectivity index (χ1v) is 9.65. The Labute approximate surface area is 165 Å². The molecule has 0 aliphatic carbocycles. The van der Waals surface area contributed by atoms with E-state index in [9.17, 15) is 4.79 Å². The molecule has 0 saturated heterocycles. The van der Waals surface area contributed by atoms with Gasteiger partial charge < -0.3 is 9.64 Å². The highest BCUT2D eigenvalue weighted by Crippen LogP contribution is 2.23. The van der Waals surface area contributed by atoms with Crippen molar-refractivity contribution in [2.45, 2.75) is 13.6 Å². The fraction of sp³-hybridized carbons (Fsp3) is 0.200. The van der Waals surface area contributed by atoms with Crippen LogP contribution in [0, 0.1) is 6.92 Å². The summed E-state index contributed by atoms with van der Waals surface area (Å²) >= 11 is 7.65. The van der Waals surface area contributed by atoms with Gasteiger partial charge in [-0.25, -0.2) is 4.99 Å². The summed E-state index contributed by atoms with van der Waals surface area (Å²) in [4.78, 5) is 20.2. The Hall–Kier alpha value is -2.57. The fourth-order valence-corrected chi connectivity index (χ4v) is 4.07.